The maximum absolute atomic E-state index is 15.7. The maximum Gasteiger partial charge on any atom is 0.261 e. The number of carbonyl (C=O) groups excluding carboxylic acids is 1. The molecule has 2 N–H and O–H groups in total. The van der Waals surface area contributed by atoms with E-state index in [9.17, 15) is 9.59 Å². The van der Waals surface area contributed by atoms with Crippen molar-refractivity contribution in [3.8, 4) is 28.5 Å². The van der Waals surface area contributed by atoms with Gasteiger partial charge in [-0.05, 0) is 37.7 Å². The van der Waals surface area contributed by atoms with Crippen LogP contribution in [-0.4, -0.2) is 70.2 Å². The molecule has 2 aliphatic heterocycles. The first-order valence-electron chi connectivity index (χ1n) is 15.9. The summed E-state index contributed by atoms with van der Waals surface area (Å²) in [6.07, 6.45) is 4.58. The highest BCUT2D eigenvalue weighted by Gasteiger charge is 2.31. The van der Waals surface area contributed by atoms with Gasteiger partial charge in [-0.1, -0.05) is 30.3 Å². The zero-order valence-corrected chi connectivity index (χ0v) is 26.7. The van der Waals surface area contributed by atoms with Gasteiger partial charge in [0.05, 0.1) is 22.3 Å². The Balaban J connectivity index is 1.09. The van der Waals surface area contributed by atoms with Gasteiger partial charge in [-0.15, -0.1) is 0 Å². The number of halogens is 2. The summed E-state index contributed by atoms with van der Waals surface area (Å²) in [5.41, 5.74) is 2.23. The topological polar surface area (TPSA) is 118 Å². The van der Waals surface area contributed by atoms with Crippen LogP contribution in [0.2, 0.25) is 0 Å². The number of hydrogen-bond acceptors (Lipinski definition) is 8. The molecule has 13 heteroatoms. The predicted octanol–water partition coefficient (Wildman–Crippen LogP) is 5.97. The first kappa shape index (κ1) is 30.5. The minimum absolute atomic E-state index is 0.0373. The number of aromatic nitrogens is 4. The Morgan fingerprint density at radius 1 is 1.04 bits per heavy atom. The lowest BCUT2D eigenvalue weighted by molar-refractivity contribution is 0.102. The van der Waals surface area contributed by atoms with E-state index in [1.54, 1.807) is 10.8 Å². The number of hydrogen-bond donors (Lipinski definition) is 2. The van der Waals surface area contributed by atoms with E-state index >= 15 is 8.78 Å². The predicted molar refractivity (Wildman–Crippen MR) is 182 cm³/mol. The Morgan fingerprint density at radius 3 is 2.61 bits per heavy atom. The van der Waals surface area contributed by atoms with Crippen LogP contribution in [-0.2, 0) is 0 Å². The van der Waals surface area contributed by atoms with Crippen molar-refractivity contribution < 1.29 is 23.0 Å². The van der Waals surface area contributed by atoms with Crippen LogP contribution in [0.4, 0.5) is 20.2 Å². The third kappa shape index (κ3) is 5.32. The van der Waals surface area contributed by atoms with Crippen LogP contribution in [0, 0.1) is 11.6 Å². The second-order valence-corrected chi connectivity index (χ2v) is 12.3. The van der Waals surface area contributed by atoms with Crippen LogP contribution in [0.25, 0.3) is 33.1 Å². The second-order valence-electron chi connectivity index (χ2n) is 12.3. The van der Waals surface area contributed by atoms with Crippen molar-refractivity contribution in [3.05, 3.63) is 101 Å². The number of ether oxygens (including phenoxy) is 2. The van der Waals surface area contributed by atoms with Crippen molar-refractivity contribution in [2.45, 2.75) is 13.0 Å². The molecular weight excluding hydrogens is 632 g/mol. The van der Waals surface area contributed by atoms with Gasteiger partial charge < -0.3 is 34.1 Å². The highest BCUT2D eigenvalue weighted by molar-refractivity contribution is 6.06. The van der Waals surface area contributed by atoms with E-state index in [2.05, 4.69) is 25.2 Å². The molecule has 3 aromatic heterocycles. The van der Waals surface area contributed by atoms with Crippen molar-refractivity contribution in [2.75, 3.05) is 50.1 Å². The van der Waals surface area contributed by atoms with Crippen LogP contribution in [0.1, 0.15) is 23.3 Å². The number of rotatable bonds is 6. The molecule has 0 bridgehead atoms. The van der Waals surface area contributed by atoms with Crippen LogP contribution >= 0.6 is 0 Å². The molecule has 2 aliphatic rings. The van der Waals surface area contributed by atoms with Gasteiger partial charge in [0.2, 0.25) is 11.3 Å². The molecule has 248 valence electrons. The second kappa shape index (κ2) is 12.0. The molecule has 1 fully saturated rings. The van der Waals surface area contributed by atoms with Gasteiger partial charge in [-0.3, -0.25) is 9.59 Å². The van der Waals surface area contributed by atoms with Gasteiger partial charge in [0.1, 0.15) is 29.8 Å². The van der Waals surface area contributed by atoms with E-state index in [-0.39, 0.29) is 40.9 Å². The molecule has 1 amide bonds. The number of piperazine rings is 1. The third-order valence-electron chi connectivity index (χ3n) is 9.12. The molecule has 1 atom stereocenters. The Morgan fingerprint density at radius 2 is 1.84 bits per heavy atom. The summed E-state index contributed by atoms with van der Waals surface area (Å²) in [5, 5.41) is 3.24. The fourth-order valence-corrected chi connectivity index (χ4v) is 6.52. The molecular formula is C36H31F2N7O4. The number of carbonyl (C=O) groups is 1. The zero-order valence-electron chi connectivity index (χ0n) is 26.7. The summed E-state index contributed by atoms with van der Waals surface area (Å²) in [5.74, 6) is -1.78. The average Bonchev–Trinajstić information content (AvgIpc) is 3.54. The molecule has 8 rings (SSSR count). The highest BCUT2D eigenvalue weighted by Crippen LogP contribution is 2.42. The normalized spacial score (nSPS) is 16.2. The van der Waals surface area contributed by atoms with Crippen LogP contribution < -0.4 is 25.1 Å². The standard InChI is InChI=1S/C36H31F2N7O4/c1-20-18-48-33-30-23(15-27(38)31(33)44-12-10-43(2)11-13-44)32(46)25(17-45(20)30)35(47)42-22-8-9-28(26(37)14-22)49-36-29-24(21-6-4-3-5-7-21)16-39-34(29)40-19-41-36/h3-9,14-17,19-20H,10-13,18H2,1-2H3,(H,42,47)(H,39,40,41). The molecule has 6 aromatic rings. The van der Waals surface area contributed by atoms with Gasteiger partial charge in [0.15, 0.2) is 23.1 Å². The SMILES string of the molecule is CC1COc2c(N3CCN(C)CC3)c(F)cc3c(=O)c(C(=O)Nc4ccc(Oc5ncnc6[nH]cc(-c7ccccc7)c56)c(F)c4)cn1c23. The highest BCUT2D eigenvalue weighted by atomic mass is 19.1. The molecule has 11 nitrogen and oxygen atoms in total. The summed E-state index contributed by atoms with van der Waals surface area (Å²) < 4.78 is 44.9. The molecule has 1 saturated heterocycles. The summed E-state index contributed by atoms with van der Waals surface area (Å²) >= 11 is 0. The Kier molecular flexibility index (Phi) is 7.48. The summed E-state index contributed by atoms with van der Waals surface area (Å²) in [6.45, 7) is 4.87. The molecule has 0 radical (unpaired) electrons. The number of amides is 1. The molecule has 49 heavy (non-hydrogen) atoms. The number of aromatic amines is 1. The molecule has 0 saturated carbocycles. The van der Waals surface area contributed by atoms with E-state index in [1.165, 1.54) is 30.7 Å². The Labute approximate surface area is 278 Å². The van der Waals surface area contributed by atoms with Gasteiger partial charge in [-0.25, -0.2) is 18.7 Å². The average molecular weight is 664 g/mol. The minimum Gasteiger partial charge on any atom is -0.487 e. The molecule has 5 heterocycles. The lowest BCUT2D eigenvalue weighted by Crippen LogP contribution is -2.45. The first-order valence-corrected chi connectivity index (χ1v) is 15.9. The van der Waals surface area contributed by atoms with E-state index in [0.717, 1.165) is 30.3 Å². The molecule has 0 spiro atoms. The Bertz CT molecular complexity index is 2320. The number of likely N-dealkylation sites (N-methyl/N-ethyl adjacent to an activating group) is 1. The van der Waals surface area contributed by atoms with E-state index < -0.39 is 23.0 Å². The number of fused-ring (bicyclic) bond motifs is 1. The van der Waals surface area contributed by atoms with Crippen LogP contribution in [0.3, 0.4) is 0 Å². The van der Waals surface area contributed by atoms with Crippen LogP contribution in [0.15, 0.2) is 78.1 Å². The number of nitrogens with one attached hydrogen (secondary N) is 2. The Hall–Kier alpha value is -5.82. The van der Waals surface area contributed by atoms with Gasteiger partial charge >= 0.3 is 0 Å². The molecule has 0 aliphatic carbocycles. The van der Waals surface area contributed by atoms with Crippen LogP contribution in [0.5, 0.6) is 17.4 Å². The van der Waals surface area contributed by atoms with Crippen molar-refractivity contribution in [2.24, 2.45) is 0 Å². The fraction of sp³-hybridized carbons (Fsp3) is 0.222. The number of nitrogens with zero attached hydrogens (tertiary/aromatic N) is 5. The minimum atomic E-state index is -0.763. The van der Waals surface area contributed by atoms with Gasteiger partial charge in [0, 0.05) is 55.9 Å². The van der Waals surface area contributed by atoms with E-state index in [4.69, 9.17) is 9.47 Å². The van der Waals surface area contributed by atoms with Crippen molar-refractivity contribution in [3.63, 3.8) is 0 Å². The van der Waals surface area contributed by atoms with Crippen molar-refractivity contribution in [1.29, 1.82) is 0 Å². The quantitative estimate of drug-likeness (QED) is 0.224. The maximum atomic E-state index is 15.7. The van der Waals surface area contributed by atoms with Crippen molar-refractivity contribution in [1.82, 2.24) is 24.4 Å². The van der Waals surface area contributed by atoms with Gasteiger partial charge in [0.25, 0.3) is 5.91 Å². The monoisotopic (exact) mass is 663 g/mol. The fourth-order valence-electron chi connectivity index (χ4n) is 6.52. The summed E-state index contributed by atoms with van der Waals surface area (Å²) in [7, 11) is 2.01. The van der Waals surface area contributed by atoms with Gasteiger partial charge in [-0.2, -0.15) is 0 Å². The summed E-state index contributed by atoms with van der Waals surface area (Å²) in [6, 6.07) is 14.5. The number of pyridine rings is 1. The third-order valence-corrected chi connectivity index (χ3v) is 9.12. The van der Waals surface area contributed by atoms with Crippen molar-refractivity contribution >= 4 is 39.2 Å². The lowest BCUT2D eigenvalue weighted by Gasteiger charge is -2.37. The largest absolute Gasteiger partial charge is 0.487 e. The number of anilines is 2. The molecule has 3 aromatic carbocycles. The first-order chi connectivity index (χ1) is 23.8. The molecule has 1 unspecified atom stereocenters. The smallest absolute Gasteiger partial charge is 0.261 e. The van der Waals surface area contributed by atoms with E-state index in [0.29, 0.717) is 41.1 Å². The zero-order chi connectivity index (χ0) is 33.8. The summed E-state index contributed by atoms with van der Waals surface area (Å²) in [4.78, 5) is 43.0. The number of H-pyrrole nitrogens is 1. The van der Waals surface area contributed by atoms with E-state index in [1.807, 2.05) is 49.2 Å². The lowest BCUT2D eigenvalue weighted by atomic mass is 10.0. The number of benzene rings is 3.